The largest absolute Gasteiger partial charge is 0.307 e. The van der Waals surface area contributed by atoms with E-state index in [1.165, 1.54) is 37.8 Å². The molecule has 5 nitrogen and oxygen atoms in total. The van der Waals surface area contributed by atoms with Crippen LogP contribution in [0.5, 0.6) is 0 Å². The fourth-order valence-electron chi connectivity index (χ4n) is 5.70. The summed E-state index contributed by atoms with van der Waals surface area (Å²) in [5.74, 6) is 0.610. The SMILES string of the molecule is c1ccc(-n2c3c4ccccc4ccc3c3ccc4c5ccccc5n(-c5ncncn5)c4c32)cc1. The fourth-order valence-corrected chi connectivity index (χ4v) is 5.70. The summed E-state index contributed by atoms with van der Waals surface area (Å²) in [6.45, 7) is 0. The molecule has 0 amide bonds. The zero-order valence-corrected chi connectivity index (χ0v) is 19.2. The van der Waals surface area contributed by atoms with Crippen molar-refractivity contribution < 1.29 is 0 Å². The van der Waals surface area contributed by atoms with E-state index in [2.05, 4.69) is 127 Å². The van der Waals surface area contributed by atoms with Crippen LogP contribution in [0.4, 0.5) is 0 Å². The van der Waals surface area contributed by atoms with Gasteiger partial charge in [0.15, 0.2) is 0 Å². The van der Waals surface area contributed by atoms with E-state index in [4.69, 9.17) is 0 Å². The predicted octanol–water partition coefficient (Wildman–Crippen LogP) is 7.22. The predicted molar refractivity (Wildman–Crippen MR) is 146 cm³/mol. The van der Waals surface area contributed by atoms with Crippen molar-refractivity contribution >= 4 is 54.4 Å². The molecule has 168 valence electrons. The summed E-state index contributed by atoms with van der Waals surface area (Å²) >= 11 is 0. The Balaban J connectivity index is 1.71. The molecule has 36 heavy (non-hydrogen) atoms. The van der Waals surface area contributed by atoms with Gasteiger partial charge in [-0.15, -0.1) is 0 Å². The molecule has 8 aromatic rings. The first kappa shape index (κ1) is 19.3. The summed E-state index contributed by atoms with van der Waals surface area (Å²) in [6, 6.07) is 36.7. The normalized spacial score (nSPS) is 11.9. The van der Waals surface area contributed by atoms with Gasteiger partial charge in [-0.25, -0.2) is 15.0 Å². The lowest BCUT2D eigenvalue weighted by Gasteiger charge is -2.12. The molecule has 0 fully saturated rings. The lowest BCUT2D eigenvalue weighted by Crippen LogP contribution is -2.02. The van der Waals surface area contributed by atoms with Crippen molar-refractivity contribution in [3.8, 4) is 11.6 Å². The number of nitrogens with zero attached hydrogens (tertiary/aromatic N) is 5. The monoisotopic (exact) mass is 461 g/mol. The van der Waals surface area contributed by atoms with Crippen LogP contribution in [0.25, 0.3) is 66.0 Å². The third-order valence-electron chi connectivity index (χ3n) is 7.14. The van der Waals surface area contributed by atoms with Crippen molar-refractivity contribution in [3.63, 3.8) is 0 Å². The highest BCUT2D eigenvalue weighted by molar-refractivity contribution is 6.26. The minimum atomic E-state index is 0.610. The molecule has 0 unspecified atom stereocenters. The van der Waals surface area contributed by atoms with Gasteiger partial charge < -0.3 is 4.57 Å². The number of fused-ring (bicyclic) bond motifs is 9. The van der Waals surface area contributed by atoms with Crippen LogP contribution in [0.15, 0.2) is 116 Å². The van der Waals surface area contributed by atoms with Crippen molar-refractivity contribution in [2.45, 2.75) is 0 Å². The van der Waals surface area contributed by atoms with Crippen LogP contribution < -0.4 is 0 Å². The van der Waals surface area contributed by atoms with Gasteiger partial charge in [0.1, 0.15) is 12.7 Å². The third-order valence-corrected chi connectivity index (χ3v) is 7.14. The maximum Gasteiger partial charge on any atom is 0.237 e. The molecular weight excluding hydrogens is 442 g/mol. The van der Waals surface area contributed by atoms with Crippen LogP contribution >= 0.6 is 0 Å². The number of para-hydroxylation sites is 2. The topological polar surface area (TPSA) is 48.5 Å². The van der Waals surface area contributed by atoms with Crippen molar-refractivity contribution in [2.24, 2.45) is 0 Å². The minimum absolute atomic E-state index is 0.610. The van der Waals surface area contributed by atoms with Gasteiger partial charge >= 0.3 is 0 Å². The molecule has 3 aromatic heterocycles. The van der Waals surface area contributed by atoms with E-state index >= 15 is 0 Å². The first-order valence-corrected chi connectivity index (χ1v) is 12.0. The van der Waals surface area contributed by atoms with Gasteiger partial charge in [-0.2, -0.15) is 0 Å². The number of aromatic nitrogens is 5. The number of rotatable bonds is 2. The maximum absolute atomic E-state index is 4.57. The molecule has 0 aliphatic rings. The first-order valence-electron chi connectivity index (χ1n) is 12.0. The average Bonchev–Trinajstić information content (AvgIpc) is 3.47. The Bertz CT molecular complexity index is 2090. The van der Waals surface area contributed by atoms with E-state index in [0.29, 0.717) is 5.95 Å². The second kappa shape index (κ2) is 7.23. The second-order valence-corrected chi connectivity index (χ2v) is 9.00. The molecule has 8 rings (SSSR count). The molecule has 0 N–H and O–H groups in total. The molecular formula is C31H19N5. The van der Waals surface area contributed by atoms with Crippen LogP contribution in [-0.2, 0) is 0 Å². The zero-order valence-electron chi connectivity index (χ0n) is 19.2. The van der Waals surface area contributed by atoms with Crippen molar-refractivity contribution in [3.05, 3.63) is 116 Å². The van der Waals surface area contributed by atoms with Crippen molar-refractivity contribution in [1.82, 2.24) is 24.1 Å². The highest BCUT2D eigenvalue weighted by Gasteiger charge is 2.22. The lowest BCUT2D eigenvalue weighted by atomic mass is 10.0. The molecule has 3 heterocycles. The van der Waals surface area contributed by atoms with E-state index in [0.717, 1.165) is 22.2 Å². The third kappa shape index (κ3) is 2.51. The van der Waals surface area contributed by atoms with Crippen LogP contribution in [0.2, 0.25) is 0 Å². The summed E-state index contributed by atoms with van der Waals surface area (Å²) in [4.78, 5) is 13.2. The van der Waals surface area contributed by atoms with Crippen LogP contribution in [0.3, 0.4) is 0 Å². The molecule has 0 aliphatic heterocycles. The van der Waals surface area contributed by atoms with Gasteiger partial charge in [0, 0.05) is 32.6 Å². The average molecular weight is 462 g/mol. The Kier molecular flexibility index (Phi) is 3.88. The maximum atomic E-state index is 4.57. The second-order valence-electron chi connectivity index (χ2n) is 9.00. The Morgan fingerprint density at radius 1 is 0.444 bits per heavy atom. The van der Waals surface area contributed by atoms with Crippen molar-refractivity contribution in [1.29, 1.82) is 0 Å². The Labute approximate surface area is 205 Å². The number of hydrogen-bond acceptors (Lipinski definition) is 3. The summed E-state index contributed by atoms with van der Waals surface area (Å²) < 4.78 is 4.58. The molecule has 0 spiro atoms. The zero-order chi connectivity index (χ0) is 23.6. The Hall–Kier alpha value is -5.03. The van der Waals surface area contributed by atoms with E-state index < -0.39 is 0 Å². The molecule has 0 aliphatic carbocycles. The quantitative estimate of drug-likeness (QED) is 0.273. The molecule has 0 radical (unpaired) electrons. The highest BCUT2D eigenvalue weighted by atomic mass is 15.2. The van der Waals surface area contributed by atoms with Crippen LogP contribution in [0, 0.1) is 0 Å². The van der Waals surface area contributed by atoms with Gasteiger partial charge in [0.2, 0.25) is 5.95 Å². The smallest absolute Gasteiger partial charge is 0.237 e. The van der Waals surface area contributed by atoms with Gasteiger partial charge in [-0.05, 0) is 23.6 Å². The summed E-state index contributed by atoms with van der Waals surface area (Å²) in [7, 11) is 0. The summed E-state index contributed by atoms with van der Waals surface area (Å²) in [5, 5.41) is 7.21. The van der Waals surface area contributed by atoms with E-state index in [9.17, 15) is 0 Å². The van der Waals surface area contributed by atoms with E-state index in [1.807, 2.05) is 0 Å². The van der Waals surface area contributed by atoms with Crippen LogP contribution in [-0.4, -0.2) is 24.1 Å². The van der Waals surface area contributed by atoms with Gasteiger partial charge in [-0.3, -0.25) is 4.57 Å². The molecule has 5 aromatic carbocycles. The fraction of sp³-hybridized carbons (Fsp3) is 0. The van der Waals surface area contributed by atoms with Gasteiger partial charge in [0.05, 0.1) is 22.1 Å². The minimum Gasteiger partial charge on any atom is -0.307 e. The molecule has 0 saturated carbocycles. The summed E-state index contributed by atoms with van der Waals surface area (Å²) in [5.41, 5.74) is 5.62. The van der Waals surface area contributed by atoms with E-state index in [1.54, 1.807) is 12.7 Å². The Morgan fingerprint density at radius 2 is 1.06 bits per heavy atom. The standard InChI is InChI=1S/C31H19N5/c1-2-9-21(10-3-1)35-28-22-11-5-4-8-20(22)14-15-25(28)26-17-16-24-23-12-6-7-13-27(23)36(30(24)29(26)35)31-33-18-32-19-34-31/h1-19H. The molecule has 5 heteroatoms. The van der Waals surface area contributed by atoms with Gasteiger partial charge in [0.25, 0.3) is 0 Å². The molecule has 0 atom stereocenters. The van der Waals surface area contributed by atoms with E-state index in [-0.39, 0.29) is 0 Å². The Morgan fingerprint density at radius 3 is 1.89 bits per heavy atom. The molecule has 0 bridgehead atoms. The number of benzene rings is 5. The first-order chi connectivity index (χ1) is 17.9. The highest BCUT2D eigenvalue weighted by Crippen LogP contribution is 2.42. The van der Waals surface area contributed by atoms with Crippen molar-refractivity contribution in [2.75, 3.05) is 0 Å². The number of hydrogen-bond donors (Lipinski definition) is 0. The van der Waals surface area contributed by atoms with Gasteiger partial charge in [-0.1, -0.05) is 84.9 Å². The van der Waals surface area contributed by atoms with Crippen LogP contribution in [0.1, 0.15) is 0 Å². The summed E-state index contributed by atoms with van der Waals surface area (Å²) in [6.07, 6.45) is 3.12. The lowest BCUT2D eigenvalue weighted by molar-refractivity contribution is 0.940. The molecule has 0 saturated heterocycles.